The van der Waals surface area contributed by atoms with Crippen molar-refractivity contribution in [1.82, 2.24) is 0 Å². The normalized spacial score (nSPS) is 23.5. The molecule has 0 aliphatic heterocycles. The van der Waals surface area contributed by atoms with Crippen molar-refractivity contribution in [2.45, 2.75) is 34.3 Å². The van der Waals surface area contributed by atoms with Gasteiger partial charge in [-0.15, -0.1) is 26.3 Å². The van der Waals surface area contributed by atoms with Gasteiger partial charge in [-0.2, -0.15) is 27.1 Å². The molecule has 4 unspecified atom stereocenters. The summed E-state index contributed by atoms with van der Waals surface area (Å²) in [6.07, 6.45) is -9.42. The maximum absolute atomic E-state index is 14.1. The molecule has 294 valence electrons. The third kappa shape index (κ3) is 7.05. The van der Waals surface area contributed by atoms with Crippen molar-refractivity contribution in [3.05, 3.63) is 130 Å². The van der Waals surface area contributed by atoms with Crippen LogP contribution in [0.25, 0.3) is 22.5 Å². The summed E-state index contributed by atoms with van der Waals surface area (Å²) >= 11 is 0. The zero-order valence-electron chi connectivity index (χ0n) is 29.8. The first-order valence-electron chi connectivity index (χ1n) is 16.5. The van der Waals surface area contributed by atoms with Crippen molar-refractivity contribution in [3.63, 3.8) is 0 Å². The highest BCUT2D eigenvalue weighted by Gasteiger charge is 2.53. The Balaban J connectivity index is 1.60. The number of rotatable bonds is 9. The van der Waals surface area contributed by atoms with Gasteiger partial charge >= 0.3 is 12.7 Å². The van der Waals surface area contributed by atoms with Crippen LogP contribution in [0.3, 0.4) is 0 Å². The van der Waals surface area contributed by atoms with Crippen molar-refractivity contribution in [1.29, 1.82) is 11.0 Å². The van der Waals surface area contributed by atoms with E-state index in [1.54, 1.807) is 0 Å². The minimum absolute atomic E-state index is 0.0142. The third-order valence-corrected chi connectivity index (χ3v) is 11.6. The second kappa shape index (κ2) is 13.6. The van der Waals surface area contributed by atoms with Crippen molar-refractivity contribution >= 4 is 31.6 Å². The van der Waals surface area contributed by atoms with E-state index in [9.17, 15) is 52.3 Å². The minimum atomic E-state index is -5.49. The Morgan fingerprint density at radius 1 is 0.625 bits per heavy atom. The van der Waals surface area contributed by atoms with Crippen LogP contribution in [0.5, 0.6) is 11.5 Å². The Hall–Kier alpha value is -5.52. The fourth-order valence-corrected chi connectivity index (χ4v) is 9.14. The standard InChI is InChI=1S/C34H26F6N6O8S2/c35-33(36,37)53-27-13-17(9-11-23(27)31(41)21-7-3-1-5-19(21)25(45-43)15-29(31)55(47,48)49)18-10-12-24(28(14-18)54-34(38,39)40)32(42)22-8-4-2-6-20(22)26(46-44)16-30(32)56(50,51)52/h1-16,29-30,43-44H,41-42H2,(H,47,48,49)(H,50,51,52)/b45-43+,46-44+. The van der Waals surface area contributed by atoms with E-state index in [1.165, 1.54) is 48.5 Å². The van der Waals surface area contributed by atoms with Gasteiger partial charge in [0.15, 0.2) is 0 Å². The van der Waals surface area contributed by atoms with Gasteiger partial charge in [-0.1, -0.05) is 72.8 Å². The molecule has 4 atom stereocenters. The first kappa shape index (κ1) is 37.4. The lowest BCUT2D eigenvalue weighted by atomic mass is 9.73. The van der Waals surface area contributed by atoms with Gasteiger partial charge in [0.2, 0.25) is 2.82 Å². The SMILES string of the molecule is [H]/N=N/C1=CC(S(=O)(=O)O)C(N)(c2ccc(-c3ccc(C4(N)c5ccccc5C(/N=N/[H])=CC4S(=O)(=O)O)c(OC(F)(F)F)c3)cc2OC(F)(F)F)c2ccccc21. The van der Waals surface area contributed by atoms with E-state index in [1.807, 2.05) is 0 Å². The maximum atomic E-state index is 14.1. The molecule has 0 bridgehead atoms. The van der Waals surface area contributed by atoms with Crippen LogP contribution >= 0.6 is 0 Å². The zero-order valence-corrected chi connectivity index (χ0v) is 29.4. The summed E-state index contributed by atoms with van der Waals surface area (Å²) in [6.45, 7) is 0. The molecule has 0 heterocycles. The molecule has 56 heavy (non-hydrogen) atoms. The average Bonchev–Trinajstić information content (AvgIpc) is 3.12. The number of benzene rings is 4. The van der Waals surface area contributed by atoms with Gasteiger partial charge in [0.05, 0.1) is 22.5 Å². The van der Waals surface area contributed by atoms with Crippen LogP contribution < -0.4 is 20.9 Å². The summed E-state index contributed by atoms with van der Waals surface area (Å²) in [5, 5.41) is 2.56. The van der Waals surface area contributed by atoms with Crippen LogP contribution in [-0.2, 0) is 31.3 Å². The summed E-state index contributed by atoms with van der Waals surface area (Å²) in [7, 11) is -10.6. The molecule has 2 aliphatic rings. The molecular formula is C34H26F6N6O8S2. The molecule has 6 rings (SSSR count). The summed E-state index contributed by atoms with van der Waals surface area (Å²) < 4.78 is 179. The molecule has 0 fully saturated rings. The number of fused-ring (bicyclic) bond motifs is 2. The average molecular weight is 825 g/mol. The predicted octanol–water partition coefficient (Wildman–Crippen LogP) is 6.84. The molecule has 4 aromatic carbocycles. The highest BCUT2D eigenvalue weighted by Crippen LogP contribution is 2.50. The number of nitrogens with one attached hydrogen (secondary N) is 2. The van der Waals surface area contributed by atoms with Gasteiger partial charge in [-0.05, 0) is 46.5 Å². The fraction of sp³-hybridized carbons (Fsp3) is 0.176. The highest BCUT2D eigenvalue weighted by atomic mass is 32.2. The molecule has 0 saturated carbocycles. The number of nitrogens with two attached hydrogens (primary N) is 2. The number of alkyl halides is 6. The van der Waals surface area contributed by atoms with Crippen LogP contribution in [0.15, 0.2) is 107 Å². The minimum Gasteiger partial charge on any atom is -0.405 e. The quantitative estimate of drug-likeness (QED) is 0.0582. The van der Waals surface area contributed by atoms with E-state index in [0.717, 1.165) is 36.4 Å². The molecule has 14 nitrogen and oxygen atoms in total. The molecule has 0 spiro atoms. The van der Waals surface area contributed by atoms with Gasteiger partial charge in [0.1, 0.15) is 22.0 Å². The van der Waals surface area contributed by atoms with E-state index in [2.05, 4.69) is 30.8 Å². The zero-order chi connectivity index (χ0) is 42.6. The second-order valence-corrected chi connectivity index (χ2v) is 15.6. The van der Waals surface area contributed by atoms with Gasteiger partial charge in [0.25, 0.3) is 20.2 Å². The van der Waals surface area contributed by atoms with Gasteiger partial charge < -0.3 is 20.9 Å². The van der Waals surface area contributed by atoms with Crippen LogP contribution in [0.1, 0.15) is 33.4 Å². The second-order valence-electron chi connectivity index (χ2n) is 12.5. The molecule has 0 aromatic heterocycles. The smallest absolute Gasteiger partial charge is 0.405 e. The van der Waals surface area contributed by atoms with E-state index >= 15 is 0 Å². The van der Waals surface area contributed by atoms with Crippen LogP contribution in [-0.4, -0.2) is 49.2 Å². The Morgan fingerprint density at radius 3 is 1.30 bits per heavy atom. The number of hydrogen-bond donors (Lipinski definition) is 6. The molecule has 8 N–H and O–H groups in total. The van der Waals surface area contributed by atoms with Crippen molar-refractivity contribution in [2.24, 2.45) is 21.7 Å². The molecule has 2 aliphatic carbocycles. The maximum Gasteiger partial charge on any atom is 0.573 e. The molecule has 0 radical (unpaired) electrons. The van der Waals surface area contributed by atoms with Crippen LogP contribution in [0, 0.1) is 11.0 Å². The number of hydrogen-bond acceptors (Lipinski definition) is 12. The Labute approximate surface area is 315 Å². The first-order valence-corrected chi connectivity index (χ1v) is 18.6. The largest absolute Gasteiger partial charge is 0.573 e. The highest BCUT2D eigenvalue weighted by molar-refractivity contribution is 7.87. The molecule has 22 heteroatoms. The molecule has 0 saturated heterocycles. The van der Waals surface area contributed by atoms with E-state index in [4.69, 9.17) is 14.3 Å². The summed E-state index contributed by atoms with van der Waals surface area (Å²) in [4.78, 5) is 0. The van der Waals surface area contributed by atoms with Crippen molar-refractivity contribution in [3.8, 4) is 22.6 Å². The van der Waals surface area contributed by atoms with E-state index in [-0.39, 0.29) is 44.8 Å². The van der Waals surface area contributed by atoms with E-state index < -0.39 is 77.2 Å². The van der Waals surface area contributed by atoms with Crippen molar-refractivity contribution in [2.75, 3.05) is 0 Å². The molecule has 0 amide bonds. The van der Waals surface area contributed by atoms with Gasteiger partial charge in [-0.3, -0.25) is 9.11 Å². The lowest BCUT2D eigenvalue weighted by Gasteiger charge is -2.40. The number of nitrogens with zero attached hydrogens (tertiary/aromatic N) is 2. The lowest BCUT2D eigenvalue weighted by Crippen LogP contribution is -2.53. The lowest BCUT2D eigenvalue weighted by molar-refractivity contribution is -0.276. The third-order valence-electron chi connectivity index (χ3n) is 9.31. The molecule has 4 aromatic rings. The van der Waals surface area contributed by atoms with Gasteiger partial charge in [-0.25, -0.2) is 11.0 Å². The summed E-state index contributed by atoms with van der Waals surface area (Å²) in [5.41, 5.74) is 11.1. The topological polar surface area (TPSA) is 252 Å². The fourth-order valence-electron chi connectivity index (χ4n) is 7.09. The number of ether oxygens (including phenoxy) is 2. The van der Waals surface area contributed by atoms with Crippen LogP contribution in [0.4, 0.5) is 26.3 Å². The summed E-state index contributed by atoms with van der Waals surface area (Å²) in [5.74, 6) is -2.33. The van der Waals surface area contributed by atoms with Gasteiger partial charge in [0, 0.05) is 22.3 Å². The molecular weight excluding hydrogens is 799 g/mol. The van der Waals surface area contributed by atoms with Crippen LogP contribution in [0.2, 0.25) is 2.82 Å². The Morgan fingerprint density at radius 2 is 0.982 bits per heavy atom. The first-order chi connectivity index (χ1) is 26.9. The Kier molecular flexibility index (Phi) is 9.08. The monoisotopic (exact) mass is 824 g/mol. The van der Waals surface area contributed by atoms with E-state index in [0.29, 0.717) is 12.1 Å². The number of halogens is 6. The predicted molar refractivity (Wildman–Crippen MR) is 185 cm³/mol. The summed E-state index contributed by atoms with van der Waals surface area (Å²) in [6, 6.07) is 15.9. The Bertz CT molecular complexity index is 2480. The van der Waals surface area contributed by atoms with Crippen molar-refractivity contribution < 1.29 is 64.6 Å².